The quantitative estimate of drug-likeness (QED) is 0.817. The van der Waals surface area contributed by atoms with E-state index >= 15 is 0 Å². The van der Waals surface area contributed by atoms with Crippen molar-refractivity contribution in [2.75, 3.05) is 7.05 Å². The number of fused-ring (bicyclic) bond motifs is 1. The van der Waals surface area contributed by atoms with Gasteiger partial charge in [0.15, 0.2) is 0 Å². The van der Waals surface area contributed by atoms with Gasteiger partial charge in [0, 0.05) is 12.6 Å². The van der Waals surface area contributed by atoms with Crippen molar-refractivity contribution in [2.24, 2.45) is 0 Å². The van der Waals surface area contributed by atoms with Crippen LogP contribution in [0.5, 0.6) is 0 Å². The number of nitrogens with one attached hydrogen (secondary N) is 1. The van der Waals surface area contributed by atoms with Crippen molar-refractivity contribution in [2.45, 2.75) is 26.4 Å². The lowest BCUT2D eigenvalue weighted by molar-refractivity contribution is 0.562. The fourth-order valence-corrected chi connectivity index (χ4v) is 2.00. The van der Waals surface area contributed by atoms with Gasteiger partial charge in [-0.05, 0) is 33.0 Å². The Morgan fingerprint density at radius 3 is 2.88 bits per heavy atom. The highest BCUT2D eigenvalue weighted by molar-refractivity contribution is 5.74. The molecule has 90 valence electrons. The number of nitrogens with zero attached hydrogens (tertiary/aromatic N) is 2. The summed E-state index contributed by atoms with van der Waals surface area (Å²) in [6, 6.07) is 8.57. The second-order valence-corrected chi connectivity index (χ2v) is 4.52. The number of rotatable bonds is 4. The molecule has 0 bridgehead atoms. The highest BCUT2D eigenvalue weighted by Crippen LogP contribution is 2.12. The first-order valence-corrected chi connectivity index (χ1v) is 5.93. The summed E-state index contributed by atoms with van der Waals surface area (Å²) < 4.78 is 2.19. The Morgan fingerprint density at radius 2 is 2.18 bits per heavy atom. The van der Waals surface area contributed by atoms with Gasteiger partial charge in [0.25, 0.3) is 0 Å². The fourth-order valence-electron chi connectivity index (χ4n) is 2.00. The zero-order chi connectivity index (χ0) is 12.3. The van der Waals surface area contributed by atoms with E-state index in [0.717, 1.165) is 12.1 Å². The molecule has 3 nitrogen and oxygen atoms in total. The molecule has 3 heteroatoms. The van der Waals surface area contributed by atoms with Gasteiger partial charge in [-0.15, -0.1) is 0 Å². The maximum absolute atomic E-state index is 4.40. The molecular weight excluding hydrogens is 210 g/mol. The summed E-state index contributed by atoms with van der Waals surface area (Å²) >= 11 is 0. The Morgan fingerprint density at radius 1 is 1.41 bits per heavy atom. The molecule has 0 radical (unpaired) electrons. The van der Waals surface area contributed by atoms with Crippen molar-refractivity contribution in [3.05, 3.63) is 42.2 Å². The number of benzene rings is 1. The third kappa shape index (κ3) is 2.74. The molecule has 0 aliphatic heterocycles. The van der Waals surface area contributed by atoms with Gasteiger partial charge in [0.1, 0.15) is 0 Å². The topological polar surface area (TPSA) is 29.9 Å². The van der Waals surface area contributed by atoms with E-state index in [4.69, 9.17) is 0 Å². The highest BCUT2D eigenvalue weighted by Gasteiger charge is 2.06. The highest BCUT2D eigenvalue weighted by atomic mass is 15.1. The Labute approximate surface area is 102 Å². The normalized spacial score (nSPS) is 12.6. The molecule has 1 atom stereocenters. The standard InChI is InChI=1S/C14H19N3/c1-11(2)8-12(15-3)9-17-10-16-13-6-4-5-7-14(13)17/h4-8,10,12,15H,9H2,1-3H3. The molecular formula is C14H19N3. The van der Waals surface area contributed by atoms with Crippen LogP contribution < -0.4 is 5.32 Å². The van der Waals surface area contributed by atoms with Crippen LogP contribution in [0.15, 0.2) is 42.2 Å². The summed E-state index contributed by atoms with van der Waals surface area (Å²) in [4.78, 5) is 4.40. The van der Waals surface area contributed by atoms with Crippen LogP contribution in [0, 0.1) is 0 Å². The van der Waals surface area contributed by atoms with Crippen molar-refractivity contribution in [1.29, 1.82) is 0 Å². The molecule has 1 aromatic heterocycles. The molecule has 1 N–H and O–H groups in total. The van der Waals surface area contributed by atoms with Gasteiger partial charge < -0.3 is 9.88 Å². The lowest BCUT2D eigenvalue weighted by Crippen LogP contribution is -2.28. The van der Waals surface area contributed by atoms with Crippen LogP contribution in [-0.2, 0) is 6.54 Å². The van der Waals surface area contributed by atoms with Crippen LogP contribution in [0.2, 0.25) is 0 Å². The van der Waals surface area contributed by atoms with Crippen molar-refractivity contribution in [3.63, 3.8) is 0 Å². The first-order valence-electron chi connectivity index (χ1n) is 5.93. The molecule has 2 aromatic rings. The van der Waals surface area contributed by atoms with Gasteiger partial charge in [0.2, 0.25) is 0 Å². The minimum atomic E-state index is 0.345. The summed E-state index contributed by atoms with van der Waals surface area (Å²) in [5.74, 6) is 0. The second-order valence-electron chi connectivity index (χ2n) is 4.52. The Hall–Kier alpha value is -1.61. The number of likely N-dealkylation sites (N-methyl/N-ethyl adjacent to an activating group) is 1. The summed E-state index contributed by atoms with van der Waals surface area (Å²) in [5.41, 5.74) is 3.57. The lowest BCUT2D eigenvalue weighted by atomic mass is 10.2. The lowest BCUT2D eigenvalue weighted by Gasteiger charge is -2.14. The van der Waals surface area contributed by atoms with Gasteiger partial charge in [-0.1, -0.05) is 23.8 Å². The molecule has 2 rings (SSSR count). The zero-order valence-electron chi connectivity index (χ0n) is 10.6. The third-order valence-corrected chi connectivity index (χ3v) is 2.83. The number of hydrogen-bond acceptors (Lipinski definition) is 2. The van der Waals surface area contributed by atoms with E-state index in [-0.39, 0.29) is 0 Å². The minimum Gasteiger partial charge on any atom is -0.329 e. The smallest absolute Gasteiger partial charge is 0.0958 e. The summed E-state index contributed by atoms with van der Waals surface area (Å²) in [6.45, 7) is 5.15. The average molecular weight is 229 g/mol. The van der Waals surface area contributed by atoms with Gasteiger partial charge in [-0.2, -0.15) is 0 Å². The number of hydrogen-bond donors (Lipinski definition) is 1. The van der Waals surface area contributed by atoms with Crippen LogP contribution in [0.25, 0.3) is 11.0 Å². The largest absolute Gasteiger partial charge is 0.329 e. The van der Waals surface area contributed by atoms with Crippen molar-refractivity contribution < 1.29 is 0 Å². The summed E-state index contributed by atoms with van der Waals surface area (Å²) in [6.07, 6.45) is 4.16. The average Bonchev–Trinajstić information content (AvgIpc) is 2.71. The van der Waals surface area contributed by atoms with Crippen LogP contribution in [0.4, 0.5) is 0 Å². The molecule has 0 aliphatic carbocycles. The molecule has 1 aromatic carbocycles. The molecule has 1 heterocycles. The number of allylic oxidation sites excluding steroid dienone is 1. The van der Waals surface area contributed by atoms with Gasteiger partial charge in [-0.3, -0.25) is 0 Å². The SMILES string of the molecule is CNC(C=C(C)C)Cn1cnc2ccccc21. The van der Waals surface area contributed by atoms with Crippen LogP contribution >= 0.6 is 0 Å². The van der Waals surface area contributed by atoms with Crippen LogP contribution in [0.3, 0.4) is 0 Å². The van der Waals surface area contributed by atoms with Gasteiger partial charge >= 0.3 is 0 Å². The van der Waals surface area contributed by atoms with Crippen molar-refractivity contribution >= 4 is 11.0 Å². The molecule has 0 saturated heterocycles. The maximum Gasteiger partial charge on any atom is 0.0958 e. The maximum atomic E-state index is 4.40. The number of aromatic nitrogens is 2. The van der Waals surface area contributed by atoms with E-state index in [0.29, 0.717) is 6.04 Å². The predicted molar refractivity (Wildman–Crippen MR) is 72.0 cm³/mol. The van der Waals surface area contributed by atoms with Gasteiger partial charge in [0.05, 0.1) is 17.4 Å². The van der Waals surface area contributed by atoms with E-state index < -0.39 is 0 Å². The molecule has 17 heavy (non-hydrogen) atoms. The molecule has 0 spiro atoms. The van der Waals surface area contributed by atoms with E-state index in [1.54, 1.807) is 0 Å². The molecule has 0 fully saturated rings. The monoisotopic (exact) mass is 229 g/mol. The van der Waals surface area contributed by atoms with Crippen LogP contribution in [0.1, 0.15) is 13.8 Å². The molecule has 1 unspecified atom stereocenters. The van der Waals surface area contributed by atoms with E-state index in [1.807, 2.05) is 25.5 Å². The zero-order valence-corrected chi connectivity index (χ0v) is 10.6. The Balaban J connectivity index is 2.25. The van der Waals surface area contributed by atoms with Crippen molar-refractivity contribution in [1.82, 2.24) is 14.9 Å². The molecule has 0 amide bonds. The molecule has 0 saturated carbocycles. The summed E-state index contributed by atoms with van der Waals surface area (Å²) in [5, 5.41) is 3.31. The Bertz CT molecular complexity index is 521. The minimum absolute atomic E-state index is 0.345. The molecule has 0 aliphatic rings. The van der Waals surface area contributed by atoms with E-state index in [9.17, 15) is 0 Å². The predicted octanol–water partition coefficient (Wildman–Crippen LogP) is 2.59. The Kier molecular flexibility index (Phi) is 3.59. The number of imidazole rings is 1. The van der Waals surface area contributed by atoms with E-state index in [2.05, 4.69) is 46.9 Å². The second kappa shape index (κ2) is 5.15. The van der Waals surface area contributed by atoms with Crippen LogP contribution in [-0.4, -0.2) is 22.6 Å². The number of para-hydroxylation sites is 2. The third-order valence-electron chi connectivity index (χ3n) is 2.83. The first kappa shape index (κ1) is 11.9. The van der Waals surface area contributed by atoms with Crippen molar-refractivity contribution in [3.8, 4) is 0 Å². The fraction of sp³-hybridized carbons (Fsp3) is 0.357. The first-order chi connectivity index (χ1) is 8.20. The van der Waals surface area contributed by atoms with Gasteiger partial charge in [-0.25, -0.2) is 4.98 Å². The summed E-state index contributed by atoms with van der Waals surface area (Å²) in [7, 11) is 1.99. The van der Waals surface area contributed by atoms with E-state index in [1.165, 1.54) is 11.1 Å².